The van der Waals surface area contributed by atoms with Crippen molar-refractivity contribution in [2.75, 3.05) is 0 Å². The Balaban J connectivity index is 1.54. The maximum atomic E-state index is 2.43. The van der Waals surface area contributed by atoms with E-state index in [2.05, 4.69) is 157 Å². The molecule has 0 spiro atoms. The Bertz CT molecular complexity index is 1690. The number of hydrogen-bond donors (Lipinski definition) is 0. The van der Waals surface area contributed by atoms with Crippen LogP contribution in [0.25, 0.3) is 34.0 Å². The van der Waals surface area contributed by atoms with E-state index in [4.69, 9.17) is 0 Å². The number of aromatic nitrogens is 2. The summed E-state index contributed by atoms with van der Waals surface area (Å²) in [5, 5.41) is 2.67. The van der Waals surface area contributed by atoms with Gasteiger partial charge in [0, 0.05) is 59.1 Å². The van der Waals surface area contributed by atoms with Crippen LogP contribution in [0, 0.1) is 0 Å². The van der Waals surface area contributed by atoms with Crippen LogP contribution in [0.4, 0.5) is 0 Å². The van der Waals surface area contributed by atoms with Crippen molar-refractivity contribution in [1.82, 2.24) is 9.13 Å². The summed E-state index contributed by atoms with van der Waals surface area (Å²) in [4.78, 5) is 0. The Morgan fingerprint density at radius 2 is 0.842 bits per heavy atom. The fourth-order valence-corrected chi connectivity index (χ4v) is 6.48. The van der Waals surface area contributed by atoms with Crippen LogP contribution < -0.4 is 0 Å². The Labute approximate surface area is 223 Å². The molecule has 0 unspecified atom stereocenters. The van der Waals surface area contributed by atoms with Crippen LogP contribution in [0.3, 0.4) is 0 Å². The highest BCUT2D eigenvalue weighted by Gasteiger charge is 2.38. The number of benzene rings is 4. The zero-order valence-electron chi connectivity index (χ0n) is 21.8. The highest BCUT2D eigenvalue weighted by atomic mass is 15.0. The van der Waals surface area contributed by atoms with Crippen molar-refractivity contribution in [3.63, 3.8) is 0 Å². The number of nitrogens with zero attached hydrogens (tertiary/aromatic N) is 2. The molecule has 0 radical (unpaired) electrons. The van der Waals surface area contributed by atoms with E-state index >= 15 is 0 Å². The van der Waals surface area contributed by atoms with Crippen molar-refractivity contribution in [2.45, 2.75) is 11.8 Å². The van der Waals surface area contributed by atoms with Gasteiger partial charge >= 0.3 is 0 Å². The average molecular weight is 491 g/mol. The molecule has 0 N–H and O–H groups in total. The first-order valence-corrected chi connectivity index (χ1v) is 13.3. The van der Waals surface area contributed by atoms with Gasteiger partial charge in [-0.1, -0.05) is 121 Å². The second-order valence-electron chi connectivity index (χ2n) is 10.2. The third kappa shape index (κ3) is 3.48. The molecule has 38 heavy (non-hydrogen) atoms. The number of allylic oxidation sites excluding steroid dienone is 2. The summed E-state index contributed by atoms with van der Waals surface area (Å²) in [5.74, 6) is 0.287. The summed E-state index contributed by atoms with van der Waals surface area (Å²) in [7, 11) is 4.47. The normalized spacial score (nSPS) is 17.0. The Hall–Kier alpha value is -4.56. The van der Waals surface area contributed by atoms with E-state index in [0.717, 1.165) is 0 Å². The summed E-state index contributed by atoms with van der Waals surface area (Å²) in [6, 6.07) is 39.0. The van der Waals surface area contributed by atoms with E-state index in [0.29, 0.717) is 0 Å². The molecule has 184 valence electrons. The lowest BCUT2D eigenvalue weighted by atomic mass is 9.76. The molecule has 0 fully saturated rings. The SMILES string of the molecule is Cn1c2c(c3ccccc31)[C@H](/C=C/c1ccccc1)c1c(c3ccccc3n1C)[C@@H]2/C=C/c1ccccc1. The van der Waals surface area contributed by atoms with Crippen LogP contribution in [-0.2, 0) is 14.1 Å². The minimum Gasteiger partial charge on any atom is -0.346 e. The molecule has 0 saturated heterocycles. The van der Waals surface area contributed by atoms with Gasteiger partial charge in [0.05, 0.1) is 0 Å². The van der Waals surface area contributed by atoms with Crippen LogP contribution in [-0.4, -0.2) is 9.13 Å². The summed E-state index contributed by atoms with van der Waals surface area (Å²) in [6.45, 7) is 0. The minimum atomic E-state index is 0.144. The molecule has 2 heteroatoms. The van der Waals surface area contributed by atoms with Crippen LogP contribution in [0.15, 0.2) is 121 Å². The molecule has 1 aliphatic rings. The van der Waals surface area contributed by atoms with Crippen LogP contribution in [0.5, 0.6) is 0 Å². The zero-order chi connectivity index (χ0) is 25.6. The predicted molar refractivity (Wildman–Crippen MR) is 160 cm³/mol. The lowest BCUT2D eigenvalue weighted by Gasteiger charge is -2.30. The molecule has 0 aliphatic heterocycles. The van der Waals surface area contributed by atoms with Gasteiger partial charge in [0.15, 0.2) is 0 Å². The second kappa shape index (κ2) is 9.08. The zero-order valence-corrected chi connectivity index (χ0v) is 21.8. The highest BCUT2D eigenvalue weighted by molar-refractivity contribution is 5.94. The summed E-state index contributed by atoms with van der Waals surface area (Å²) in [5.41, 5.74) is 10.6. The number of aryl methyl sites for hydroxylation is 2. The molecular weight excluding hydrogens is 460 g/mol. The van der Waals surface area contributed by atoms with Gasteiger partial charge in [-0.2, -0.15) is 0 Å². The van der Waals surface area contributed by atoms with Gasteiger partial charge in [-0.05, 0) is 34.4 Å². The molecule has 2 atom stereocenters. The van der Waals surface area contributed by atoms with Gasteiger partial charge in [-0.25, -0.2) is 0 Å². The van der Waals surface area contributed by atoms with Crippen molar-refractivity contribution in [2.24, 2.45) is 14.1 Å². The van der Waals surface area contributed by atoms with Crippen LogP contribution in [0.2, 0.25) is 0 Å². The van der Waals surface area contributed by atoms with E-state index < -0.39 is 0 Å². The summed E-state index contributed by atoms with van der Waals surface area (Å²) in [6.07, 6.45) is 9.40. The molecule has 0 bridgehead atoms. The molecule has 4 aromatic carbocycles. The first-order chi connectivity index (χ1) is 18.7. The monoisotopic (exact) mass is 490 g/mol. The molecule has 2 heterocycles. The van der Waals surface area contributed by atoms with E-state index in [1.807, 2.05) is 0 Å². The van der Waals surface area contributed by atoms with Crippen LogP contribution >= 0.6 is 0 Å². The smallest absolute Gasteiger partial charge is 0.0483 e. The topological polar surface area (TPSA) is 9.86 Å². The highest BCUT2D eigenvalue weighted by Crippen LogP contribution is 2.51. The standard InChI is InChI=1S/C36H30N2/c1-37-31-19-11-9-17-27(31)33-30(24-22-26-15-7-4-8-16-26)36-34(28-18-10-12-20-32(28)38(36)2)29(35(33)37)23-21-25-13-5-3-6-14-25/h3-24,29-30H,1-2H3/b23-21+,24-22+/t29-,30-/m0/s1. The van der Waals surface area contributed by atoms with Gasteiger partial charge in [0.2, 0.25) is 0 Å². The fraction of sp³-hybridized carbons (Fsp3) is 0.111. The van der Waals surface area contributed by atoms with Crippen molar-refractivity contribution in [3.05, 3.63) is 155 Å². The number of rotatable bonds is 4. The summed E-state index contributed by atoms with van der Waals surface area (Å²) < 4.78 is 4.86. The molecule has 6 aromatic rings. The van der Waals surface area contributed by atoms with Crippen molar-refractivity contribution in [3.8, 4) is 0 Å². The van der Waals surface area contributed by atoms with Gasteiger partial charge in [-0.3, -0.25) is 0 Å². The molecule has 2 nitrogen and oxygen atoms in total. The molecule has 7 rings (SSSR count). The van der Waals surface area contributed by atoms with Gasteiger partial charge in [0.25, 0.3) is 0 Å². The van der Waals surface area contributed by atoms with Crippen molar-refractivity contribution >= 4 is 34.0 Å². The number of fused-ring (bicyclic) bond motifs is 6. The van der Waals surface area contributed by atoms with E-state index in [9.17, 15) is 0 Å². The number of para-hydroxylation sites is 2. The second-order valence-corrected chi connectivity index (χ2v) is 10.2. The predicted octanol–water partition coefficient (Wildman–Crippen LogP) is 8.67. The van der Waals surface area contributed by atoms with Crippen molar-refractivity contribution < 1.29 is 0 Å². The fourth-order valence-electron chi connectivity index (χ4n) is 6.48. The quantitative estimate of drug-likeness (QED) is 0.234. The van der Waals surface area contributed by atoms with Crippen LogP contribution in [0.1, 0.15) is 45.5 Å². The van der Waals surface area contributed by atoms with E-state index in [1.165, 1.54) is 55.4 Å². The van der Waals surface area contributed by atoms with Gasteiger partial charge in [0.1, 0.15) is 0 Å². The van der Waals surface area contributed by atoms with E-state index in [1.54, 1.807) is 0 Å². The molecular formula is C36H30N2. The third-order valence-electron chi connectivity index (χ3n) is 8.16. The maximum Gasteiger partial charge on any atom is 0.0483 e. The first kappa shape index (κ1) is 22.6. The molecule has 0 saturated carbocycles. The van der Waals surface area contributed by atoms with Gasteiger partial charge in [-0.15, -0.1) is 0 Å². The lowest BCUT2D eigenvalue weighted by Crippen LogP contribution is -2.19. The van der Waals surface area contributed by atoms with Gasteiger partial charge < -0.3 is 9.13 Å². The van der Waals surface area contributed by atoms with E-state index in [-0.39, 0.29) is 11.8 Å². The Morgan fingerprint density at radius 3 is 1.26 bits per heavy atom. The molecule has 2 aromatic heterocycles. The number of hydrogen-bond acceptors (Lipinski definition) is 0. The maximum absolute atomic E-state index is 2.43. The average Bonchev–Trinajstić information content (AvgIpc) is 3.44. The summed E-state index contributed by atoms with van der Waals surface area (Å²) >= 11 is 0. The first-order valence-electron chi connectivity index (χ1n) is 13.3. The Kier molecular flexibility index (Phi) is 5.40. The largest absolute Gasteiger partial charge is 0.346 e. The lowest BCUT2D eigenvalue weighted by molar-refractivity contribution is 0.733. The Morgan fingerprint density at radius 1 is 0.474 bits per heavy atom. The molecule has 1 aliphatic carbocycles. The minimum absolute atomic E-state index is 0.144. The third-order valence-corrected chi connectivity index (χ3v) is 8.16. The van der Waals surface area contributed by atoms with Crippen molar-refractivity contribution in [1.29, 1.82) is 0 Å². The molecule has 0 amide bonds.